The highest BCUT2D eigenvalue weighted by atomic mass is 32.2. The zero-order valence-corrected chi connectivity index (χ0v) is 11.9. The molecule has 0 saturated heterocycles. The van der Waals surface area contributed by atoms with Crippen LogP contribution in [0, 0.1) is 17.7 Å². The Hall–Kier alpha value is -1.91. The third kappa shape index (κ3) is 4.33. The van der Waals surface area contributed by atoms with E-state index in [1.54, 1.807) is 0 Å². The summed E-state index contributed by atoms with van der Waals surface area (Å²) in [5.74, 6) is 3.95. The first-order chi connectivity index (χ1) is 9.25. The summed E-state index contributed by atoms with van der Waals surface area (Å²) in [4.78, 5) is 11.8. The minimum absolute atomic E-state index is 0.0869. The van der Waals surface area contributed by atoms with Gasteiger partial charge in [-0.05, 0) is 25.1 Å². The largest absolute Gasteiger partial charge is 0.324 e. The summed E-state index contributed by atoms with van der Waals surface area (Å²) in [6.07, 6.45) is 0.969. The van der Waals surface area contributed by atoms with Crippen LogP contribution in [0.5, 0.6) is 0 Å². The lowest BCUT2D eigenvalue weighted by Crippen LogP contribution is -2.32. The maximum Gasteiger partial charge on any atom is 0.242 e. The summed E-state index contributed by atoms with van der Waals surface area (Å²) >= 11 is 0. The summed E-state index contributed by atoms with van der Waals surface area (Å²) in [6.45, 7) is 1.36. The Morgan fingerprint density at radius 2 is 2.15 bits per heavy atom. The van der Waals surface area contributed by atoms with E-state index in [-0.39, 0.29) is 17.8 Å². The number of halogens is 1. The number of carbonyl (C=O) groups excluding carboxylic acids is 1. The molecular formula is C13H15FN2O3S. The van der Waals surface area contributed by atoms with Gasteiger partial charge in [0.1, 0.15) is 11.1 Å². The van der Waals surface area contributed by atoms with Crippen molar-refractivity contribution in [3.8, 4) is 11.8 Å². The molecule has 0 spiro atoms. The van der Waals surface area contributed by atoms with Gasteiger partial charge in [0.25, 0.3) is 0 Å². The van der Waals surface area contributed by atoms with E-state index in [4.69, 9.17) is 5.73 Å². The van der Waals surface area contributed by atoms with Crippen LogP contribution < -0.4 is 11.1 Å². The number of nitrogens with two attached hydrogens (primary N) is 1. The smallest absolute Gasteiger partial charge is 0.242 e. The van der Waals surface area contributed by atoms with Crippen molar-refractivity contribution in [2.75, 3.05) is 18.1 Å². The highest BCUT2D eigenvalue weighted by Crippen LogP contribution is 2.17. The molecule has 0 aromatic heterocycles. The van der Waals surface area contributed by atoms with E-state index in [0.717, 1.165) is 18.4 Å². The van der Waals surface area contributed by atoms with Gasteiger partial charge in [-0.15, -0.1) is 0 Å². The molecule has 1 amide bonds. The Labute approximate surface area is 117 Å². The Balaban J connectivity index is 3.06. The minimum Gasteiger partial charge on any atom is -0.324 e. The fraction of sp³-hybridized carbons (Fsp3) is 0.308. The van der Waals surface area contributed by atoms with Gasteiger partial charge in [-0.3, -0.25) is 4.79 Å². The third-order valence-electron chi connectivity index (χ3n) is 2.58. The molecule has 1 aromatic carbocycles. The van der Waals surface area contributed by atoms with Crippen molar-refractivity contribution in [3.05, 3.63) is 29.6 Å². The van der Waals surface area contributed by atoms with Crippen LogP contribution in [-0.4, -0.2) is 32.4 Å². The van der Waals surface area contributed by atoms with E-state index in [1.807, 2.05) is 0 Å². The number of hydrogen-bond acceptors (Lipinski definition) is 4. The van der Waals surface area contributed by atoms with Crippen LogP contribution in [0.4, 0.5) is 10.1 Å². The number of hydrogen-bond donors (Lipinski definition) is 2. The molecule has 0 aliphatic heterocycles. The standard InChI is InChI=1S/C13H15FN2O3S/c1-9(20(2,18)19)13(17)16-12-6-5-11(14)8-10(12)4-3-7-15/h5-6,8-9H,7,15H2,1-2H3,(H,16,17). The van der Waals surface area contributed by atoms with Crippen molar-refractivity contribution >= 4 is 21.4 Å². The van der Waals surface area contributed by atoms with Gasteiger partial charge in [0.05, 0.1) is 17.8 Å². The average molecular weight is 298 g/mol. The number of benzene rings is 1. The summed E-state index contributed by atoms with van der Waals surface area (Å²) in [7, 11) is -3.50. The van der Waals surface area contributed by atoms with Gasteiger partial charge in [0, 0.05) is 6.26 Å². The molecule has 1 atom stereocenters. The molecule has 0 bridgehead atoms. The van der Waals surface area contributed by atoms with Gasteiger partial charge in [0.2, 0.25) is 5.91 Å². The summed E-state index contributed by atoms with van der Waals surface area (Å²) in [5, 5.41) is 1.22. The molecule has 7 heteroatoms. The van der Waals surface area contributed by atoms with E-state index in [2.05, 4.69) is 17.2 Å². The molecule has 20 heavy (non-hydrogen) atoms. The Morgan fingerprint density at radius 1 is 1.50 bits per heavy atom. The van der Waals surface area contributed by atoms with Gasteiger partial charge in [-0.1, -0.05) is 11.8 Å². The number of nitrogens with one attached hydrogen (secondary N) is 1. The number of rotatable bonds is 3. The number of amides is 1. The quantitative estimate of drug-likeness (QED) is 0.796. The molecule has 1 rings (SSSR count). The first-order valence-electron chi connectivity index (χ1n) is 5.74. The van der Waals surface area contributed by atoms with Gasteiger partial charge >= 0.3 is 0 Å². The summed E-state index contributed by atoms with van der Waals surface area (Å²) in [6, 6.07) is 3.61. The fourth-order valence-corrected chi connectivity index (χ4v) is 1.75. The maximum atomic E-state index is 13.2. The third-order valence-corrected chi connectivity index (χ3v) is 4.07. The lowest BCUT2D eigenvalue weighted by molar-refractivity contribution is -0.115. The van der Waals surface area contributed by atoms with E-state index >= 15 is 0 Å². The summed E-state index contributed by atoms with van der Waals surface area (Å²) in [5.41, 5.74) is 5.72. The predicted octanol–water partition coefficient (Wildman–Crippen LogP) is 0.508. The normalized spacial score (nSPS) is 12.2. The molecule has 0 saturated carbocycles. The second-order valence-corrected chi connectivity index (χ2v) is 6.52. The van der Waals surface area contributed by atoms with Gasteiger partial charge in [0.15, 0.2) is 9.84 Å². The fourth-order valence-electron chi connectivity index (χ4n) is 1.30. The van der Waals surface area contributed by atoms with Crippen LogP contribution >= 0.6 is 0 Å². The van der Waals surface area contributed by atoms with Crippen LogP contribution in [0.25, 0.3) is 0 Å². The Bertz CT molecular complexity index is 675. The lowest BCUT2D eigenvalue weighted by atomic mass is 10.1. The molecule has 0 heterocycles. The topological polar surface area (TPSA) is 89.3 Å². The lowest BCUT2D eigenvalue weighted by Gasteiger charge is -2.11. The number of sulfone groups is 1. The van der Waals surface area contributed by atoms with E-state index < -0.39 is 26.8 Å². The molecule has 1 unspecified atom stereocenters. The molecule has 0 aliphatic carbocycles. The van der Waals surface area contributed by atoms with Crippen LogP contribution in [0.2, 0.25) is 0 Å². The summed E-state index contributed by atoms with van der Waals surface area (Å²) < 4.78 is 35.8. The van der Waals surface area contributed by atoms with Gasteiger partial charge in [-0.2, -0.15) is 0 Å². The maximum absolute atomic E-state index is 13.2. The van der Waals surface area contributed by atoms with Crippen molar-refractivity contribution in [2.45, 2.75) is 12.2 Å². The molecule has 0 radical (unpaired) electrons. The Kier molecular flexibility index (Phi) is 5.25. The van der Waals surface area contributed by atoms with Crippen molar-refractivity contribution in [2.24, 2.45) is 5.73 Å². The first kappa shape index (κ1) is 16.1. The molecule has 0 aliphatic rings. The number of anilines is 1. The first-order valence-corrected chi connectivity index (χ1v) is 7.69. The van der Waals surface area contributed by atoms with E-state index in [9.17, 15) is 17.6 Å². The van der Waals surface area contributed by atoms with E-state index in [1.165, 1.54) is 13.0 Å². The van der Waals surface area contributed by atoms with Crippen LogP contribution in [0.15, 0.2) is 18.2 Å². The van der Waals surface area contributed by atoms with Crippen molar-refractivity contribution in [1.82, 2.24) is 0 Å². The van der Waals surface area contributed by atoms with Crippen LogP contribution in [-0.2, 0) is 14.6 Å². The highest BCUT2D eigenvalue weighted by molar-refractivity contribution is 7.92. The molecule has 0 fully saturated rings. The molecule has 3 N–H and O–H groups in total. The van der Waals surface area contributed by atoms with E-state index in [0.29, 0.717) is 0 Å². The average Bonchev–Trinajstić information content (AvgIpc) is 2.36. The van der Waals surface area contributed by atoms with Crippen molar-refractivity contribution < 1.29 is 17.6 Å². The number of carbonyl (C=O) groups is 1. The second kappa shape index (κ2) is 6.50. The van der Waals surface area contributed by atoms with Crippen molar-refractivity contribution in [3.63, 3.8) is 0 Å². The SMILES string of the molecule is CC(C(=O)Nc1ccc(F)cc1C#CCN)S(C)(=O)=O. The molecule has 108 valence electrons. The zero-order chi connectivity index (χ0) is 15.3. The van der Waals surface area contributed by atoms with Gasteiger partial charge < -0.3 is 11.1 Å². The van der Waals surface area contributed by atoms with Crippen molar-refractivity contribution in [1.29, 1.82) is 0 Å². The Morgan fingerprint density at radius 3 is 2.70 bits per heavy atom. The second-order valence-electron chi connectivity index (χ2n) is 4.16. The van der Waals surface area contributed by atoms with Crippen LogP contribution in [0.1, 0.15) is 12.5 Å². The molecule has 5 nitrogen and oxygen atoms in total. The van der Waals surface area contributed by atoms with Crippen LogP contribution in [0.3, 0.4) is 0 Å². The minimum atomic E-state index is -3.50. The van der Waals surface area contributed by atoms with Gasteiger partial charge in [-0.25, -0.2) is 12.8 Å². The predicted molar refractivity (Wildman–Crippen MR) is 75.3 cm³/mol. The monoisotopic (exact) mass is 298 g/mol. The highest BCUT2D eigenvalue weighted by Gasteiger charge is 2.24. The molecule has 1 aromatic rings. The molecular weight excluding hydrogens is 283 g/mol. The zero-order valence-electron chi connectivity index (χ0n) is 11.1.